The lowest BCUT2D eigenvalue weighted by Gasteiger charge is -2.28. The van der Waals surface area contributed by atoms with Gasteiger partial charge in [0.25, 0.3) is 0 Å². The smallest absolute Gasteiger partial charge is 0.407 e. The van der Waals surface area contributed by atoms with Crippen LogP contribution in [0.3, 0.4) is 0 Å². The molecular formula is C13H25NO2. The van der Waals surface area contributed by atoms with Crippen molar-refractivity contribution in [3.63, 3.8) is 0 Å². The quantitative estimate of drug-likeness (QED) is 0.801. The Morgan fingerprint density at radius 1 is 1.31 bits per heavy atom. The van der Waals surface area contributed by atoms with Crippen molar-refractivity contribution in [2.45, 2.75) is 65.4 Å². The van der Waals surface area contributed by atoms with Gasteiger partial charge in [-0.1, -0.05) is 27.7 Å². The van der Waals surface area contributed by atoms with Crippen LogP contribution in [0.5, 0.6) is 0 Å². The number of carbonyl (C=O) groups excluding carboxylic acids is 1. The molecule has 0 aliphatic heterocycles. The van der Waals surface area contributed by atoms with Crippen molar-refractivity contribution in [2.24, 2.45) is 5.41 Å². The van der Waals surface area contributed by atoms with Crippen LogP contribution in [0, 0.1) is 5.41 Å². The predicted molar refractivity (Wildman–Crippen MR) is 65.4 cm³/mol. The molecule has 0 aromatic rings. The molecule has 0 atom stereocenters. The van der Waals surface area contributed by atoms with Crippen molar-refractivity contribution in [3.05, 3.63) is 0 Å². The Bertz CT molecular complexity index is 237. The van der Waals surface area contributed by atoms with Gasteiger partial charge in [-0.05, 0) is 37.5 Å². The lowest BCUT2D eigenvalue weighted by atomic mass is 9.97. The maximum absolute atomic E-state index is 11.7. The summed E-state index contributed by atoms with van der Waals surface area (Å²) in [7, 11) is 0. The van der Waals surface area contributed by atoms with Gasteiger partial charge in [0, 0.05) is 6.54 Å². The van der Waals surface area contributed by atoms with E-state index in [4.69, 9.17) is 4.74 Å². The molecule has 0 aromatic carbocycles. The molecule has 1 N–H and O–H groups in total. The van der Waals surface area contributed by atoms with Gasteiger partial charge < -0.3 is 10.1 Å². The Labute approximate surface area is 98.9 Å². The predicted octanol–water partition coefficient (Wildman–Crippen LogP) is 3.48. The van der Waals surface area contributed by atoms with Crippen molar-refractivity contribution in [2.75, 3.05) is 6.54 Å². The summed E-state index contributed by atoms with van der Waals surface area (Å²) in [6, 6.07) is 0. The first kappa shape index (κ1) is 13.3. The minimum Gasteiger partial charge on any atom is -0.443 e. The van der Waals surface area contributed by atoms with Crippen LogP contribution in [0.1, 0.15) is 59.8 Å². The Kier molecular flexibility index (Phi) is 4.22. The molecule has 1 fully saturated rings. The monoisotopic (exact) mass is 227 g/mol. The van der Waals surface area contributed by atoms with Gasteiger partial charge in [0.2, 0.25) is 0 Å². The van der Waals surface area contributed by atoms with E-state index in [1.54, 1.807) is 0 Å². The normalized spacial score (nSPS) is 19.5. The molecule has 1 rings (SSSR count). The fraction of sp³-hybridized carbons (Fsp3) is 0.923. The highest BCUT2D eigenvalue weighted by Crippen LogP contribution is 2.35. The molecule has 3 nitrogen and oxygen atoms in total. The molecule has 1 saturated carbocycles. The van der Waals surface area contributed by atoms with E-state index in [2.05, 4.69) is 33.0 Å². The lowest BCUT2D eigenvalue weighted by molar-refractivity contribution is 0.0119. The molecule has 0 saturated heterocycles. The van der Waals surface area contributed by atoms with Crippen LogP contribution < -0.4 is 5.32 Å². The molecule has 1 amide bonds. The molecule has 0 spiro atoms. The third-order valence-electron chi connectivity index (χ3n) is 3.23. The SMILES string of the molecule is CCC1(OC(=O)NCC(C)(C)C)CCCC1. The summed E-state index contributed by atoms with van der Waals surface area (Å²) in [5.41, 5.74) is -0.0734. The number of nitrogens with one attached hydrogen (secondary N) is 1. The molecule has 0 radical (unpaired) electrons. The highest BCUT2D eigenvalue weighted by molar-refractivity contribution is 5.67. The van der Waals surface area contributed by atoms with Gasteiger partial charge in [0.05, 0.1) is 0 Å². The average Bonchev–Trinajstić information content (AvgIpc) is 2.63. The summed E-state index contributed by atoms with van der Waals surface area (Å²) in [6.07, 6.45) is 5.08. The first-order valence-corrected chi connectivity index (χ1v) is 6.34. The topological polar surface area (TPSA) is 38.3 Å². The maximum atomic E-state index is 11.7. The number of hydrogen-bond acceptors (Lipinski definition) is 2. The summed E-state index contributed by atoms with van der Waals surface area (Å²) >= 11 is 0. The van der Waals surface area contributed by atoms with Crippen molar-refractivity contribution < 1.29 is 9.53 Å². The zero-order chi connectivity index (χ0) is 12.2. The summed E-state index contributed by atoms with van der Waals surface area (Å²) in [4.78, 5) is 11.7. The molecule has 0 aromatic heterocycles. The minimum absolute atomic E-state index is 0.105. The van der Waals surface area contributed by atoms with Gasteiger partial charge in [-0.15, -0.1) is 0 Å². The van der Waals surface area contributed by atoms with Crippen LogP contribution in [0.15, 0.2) is 0 Å². The molecule has 0 unspecified atom stereocenters. The number of hydrogen-bond donors (Lipinski definition) is 1. The zero-order valence-corrected chi connectivity index (χ0v) is 11.1. The van der Waals surface area contributed by atoms with Crippen LogP contribution in [-0.2, 0) is 4.74 Å². The number of carbonyl (C=O) groups is 1. The van der Waals surface area contributed by atoms with E-state index in [0.29, 0.717) is 6.54 Å². The summed E-state index contributed by atoms with van der Waals surface area (Å²) in [5.74, 6) is 0. The molecule has 94 valence electrons. The Hall–Kier alpha value is -0.730. The van der Waals surface area contributed by atoms with Crippen molar-refractivity contribution in [3.8, 4) is 0 Å². The molecular weight excluding hydrogens is 202 g/mol. The van der Waals surface area contributed by atoms with E-state index >= 15 is 0 Å². The number of amides is 1. The summed E-state index contributed by atoms with van der Waals surface area (Å²) in [5, 5.41) is 2.85. The van der Waals surface area contributed by atoms with Crippen LogP contribution in [0.2, 0.25) is 0 Å². The first-order chi connectivity index (χ1) is 7.37. The van der Waals surface area contributed by atoms with Crippen LogP contribution in [0.25, 0.3) is 0 Å². The molecule has 0 bridgehead atoms. The van der Waals surface area contributed by atoms with E-state index in [9.17, 15) is 4.79 Å². The Morgan fingerprint density at radius 3 is 2.31 bits per heavy atom. The molecule has 0 heterocycles. The zero-order valence-electron chi connectivity index (χ0n) is 11.1. The number of alkyl carbamates (subject to hydrolysis) is 1. The molecule has 1 aliphatic carbocycles. The highest BCUT2D eigenvalue weighted by atomic mass is 16.6. The van der Waals surface area contributed by atoms with Gasteiger partial charge in [0.15, 0.2) is 0 Å². The fourth-order valence-corrected chi connectivity index (χ4v) is 2.12. The first-order valence-electron chi connectivity index (χ1n) is 6.34. The van der Waals surface area contributed by atoms with Crippen molar-refractivity contribution >= 4 is 6.09 Å². The second-order valence-corrected chi connectivity index (χ2v) is 6.05. The van der Waals surface area contributed by atoms with Gasteiger partial charge in [-0.2, -0.15) is 0 Å². The highest BCUT2D eigenvalue weighted by Gasteiger charge is 2.35. The van der Waals surface area contributed by atoms with Crippen molar-refractivity contribution in [1.82, 2.24) is 5.32 Å². The third-order valence-corrected chi connectivity index (χ3v) is 3.23. The van der Waals surface area contributed by atoms with Crippen LogP contribution >= 0.6 is 0 Å². The summed E-state index contributed by atoms with van der Waals surface area (Å²) in [6.45, 7) is 9.04. The van der Waals surface area contributed by atoms with Crippen molar-refractivity contribution in [1.29, 1.82) is 0 Å². The molecule has 3 heteroatoms. The number of rotatable bonds is 3. The van der Waals surface area contributed by atoms with E-state index in [1.807, 2.05) is 0 Å². The van der Waals surface area contributed by atoms with Gasteiger partial charge in [-0.25, -0.2) is 4.79 Å². The van der Waals surface area contributed by atoms with Gasteiger partial charge >= 0.3 is 6.09 Å². The van der Waals surface area contributed by atoms with Gasteiger partial charge in [0.1, 0.15) is 5.60 Å². The Balaban J connectivity index is 2.38. The average molecular weight is 227 g/mol. The van der Waals surface area contributed by atoms with Crippen LogP contribution in [0.4, 0.5) is 4.79 Å². The minimum atomic E-state index is -0.251. The van der Waals surface area contributed by atoms with Crippen LogP contribution in [-0.4, -0.2) is 18.2 Å². The van der Waals surface area contributed by atoms with E-state index in [1.165, 1.54) is 12.8 Å². The van der Waals surface area contributed by atoms with E-state index < -0.39 is 0 Å². The van der Waals surface area contributed by atoms with Gasteiger partial charge in [-0.3, -0.25) is 0 Å². The molecule has 1 aliphatic rings. The number of ether oxygens (including phenoxy) is 1. The van der Waals surface area contributed by atoms with E-state index in [-0.39, 0.29) is 17.1 Å². The summed E-state index contributed by atoms with van der Waals surface area (Å²) < 4.78 is 5.59. The third kappa shape index (κ3) is 4.03. The lowest BCUT2D eigenvalue weighted by Crippen LogP contribution is -2.39. The Morgan fingerprint density at radius 2 is 1.88 bits per heavy atom. The fourth-order valence-electron chi connectivity index (χ4n) is 2.12. The largest absolute Gasteiger partial charge is 0.443 e. The van der Waals surface area contributed by atoms with E-state index in [0.717, 1.165) is 19.3 Å². The second kappa shape index (κ2) is 5.07. The maximum Gasteiger partial charge on any atom is 0.407 e. The molecule has 16 heavy (non-hydrogen) atoms. The second-order valence-electron chi connectivity index (χ2n) is 6.05. The standard InChI is InChI=1S/C13H25NO2/c1-5-13(8-6-7-9-13)16-11(15)14-10-12(2,3)4/h5-10H2,1-4H3,(H,14,15).